The van der Waals surface area contributed by atoms with Gasteiger partial charge in [0.1, 0.15) is 0 Å². The second-order valence-corrected chi connectivity index (χ2v) is 3.63. The maximum atomic E-state index is 11.0. The number of rotatable bonds is 6. The van der Waals surface area contributed by atoms with Crippen LogP contribution >= 0.6 is 0 Å². The fourth-order valence-electron chi connectivity index (χ4n) is 0.806. The first-order chi connectivity index (χ1) is 6.04. The van der Waals surface area contributed by atoms with E-state index in [0.29, 0.717) is 18.0 Å². The topological polar surface area (TPSA) is 41.1 Å². The number of hydrogen-bond acceptors (Lipinski definition) is 2. The summed E-state index contributed by atoms with van der Waals surface area (Å²) in [6, 6.07) is 0. The summed E-state index contributed by atoms with van der Waals surface area (Å²) in [6.07, 6.45) is 0. The Kier molecular flexibility index (Phi) is 6.24. The lowest BCUT2D eigenvalue weighted by molar-refractivity contribution is -0.117. The van der Waals surface area contributed by atoms with Gasteiger partial charge in [0.05, 0.1) is 0 Å². The molecule has 0 aliphatic carbocycles. The van der Waals surface area contributed by atoms with Crippen LogP contribution in [0.2, 0.25) is 0 Å². The fraction of sp³-hybridized carbons (Fsp3) is 0.700. The summed E-state index contributed by atoms with van der Waals surface area (Å²) in [5.74, 6) is 0.586. The lowest BCUT2D eigenvalue weighted by atomic mass is 10.2. The second kappa shape index (κ2) is 6.66. The highest BCUT2D eigenvalue weighted by molar-refractivity contribution is 5.92. The number of carbonyl (C=O) groups is 1. The van der Waals surface area contributed by atoms with Crippen LogP contribution in [0, 0.1) is 5.92 Å². The maximum Gasteiger partial charge on any atom is 0.246 e. The molecule has 0 saturated heterocycles. The van der Waals surface area contributed by atoms with E-state index in [9.17, 15) is 4.79 Å². The average Bonchev–Trinajstić information content (AvgIpc) is 2.02. The van der Waals surface area contributed by atoms with Gasteiger partial charge in [0.15, 0.2) is 0 Å². The van der Waals surface area contributed by atoms with Crippen LogP contribution < -0.4 is 10.6 Å². The highest BCUT2D eigenvalue weighted by atomic mass is 16.1. The summed E-state index contributed by atoms with van der Waals surface area (Å²) in [7, 11) is 0. The van der Waals surface area contributed by atoms with Crippen LogP contribution in [0.3, 0.4) is 0 Å². The van der Waals surface area contributed by atoms with Crippen molar-refractivity contribution < 1.29 is 4.79 Å². The van der Waals surface area contributed by atoms with Gasteiger partial charge in [0, 0.05) is 18.7 Å². The minimum absolute atomic E-state index is 0.0636. The molecule has 0 aromatic rings. The number of amides is 1. The predicted molar refractivity (Wildman–Crippen MR) is 55.5 cm³/mol. The van der Waals surface area contributed by atoms with Crippen molar-refractivity contribution in [3.8, 4) is 0 Å². The monoisotopic (exact) mass is 184 g/mol. The Bertz CT molecular complexity index is 176. The van der Waals surface area contributed by atoms with Gasteiger partial charge in [-0.3, -0.25) is 4.79 Å². The third kappa shape index (κ3) is 7.53. The number of hydrogen-bond donors (Lipinski definition) is 2. The zero-order valence-corrected chi connectivity index (χ0v) is 8.81. The molecule has 0 bridgehead atoms. The van der Waals surface area contributed by atoms with Gasteiger partial charge in [-0.1, -0.05) is 20.4 Å². The van der Waals surface area contributed by atoms with Crippen LogP contribution in [0.25, 0.3) is 0 Å². The molecule has 0 fully saturated rings. The maximum absolute atomic E-state index is 11.0. The first-order valence-corrected chi connectivity index (χ1v) is 4.68. The molecule has 13 heavy (non-hydrogen) atoms. The molecule has 0 atom stereocenters. The summed E-state index contributed by atoms with van der Waals surface area (Å²) in [5, 5.41) is 5.99. The highest BCUT2D eigenvalue weighted by Crippen LogP contribution is 1.86. The van der Waals surface area contributed by atoms with Crippen molar-refractivity contribution in [1.82, 2.24) is 10.6 Å². The van der Waals surface area contributed by atoms with Crippen molar-refractivity contribution in [2.45, 2.75) is 20.8 Å². The van der Waals surface area contributed by atoms with Crippen LogP contribution in [0.15, 0.2) is 12.2 Å². The van der Waals surface area contributed by atoms with Crippen molar-refractivity contribution in [3.05, 3.63) is 12.2 Å². The van der Waals surface area contributed by atoms with Gasteiger partial charge in [-0.2, -0.15) is 0 Å². The molecule has 0 saturated carbocycles. The summed E-state index contributed by atoms with van der Waals surface area (Å²) >= 11 is 0. The van der Waals surface area contributed by atoms with Crippen LogP contribution in [0.5, 0.6) is 0 Å². The largest absolute Gasteiger partial charge is 0.351 e. The van der Waals surface area contributed by atoms with Crippen LogP contribution in [0.4, 0.5) is 0 Å². The van der Waals surface area contributed by atoms with E-state index < -0.39 is 0 Å². The van der Waals surface area contributed by atoms with Gasteiger partial charge in [-0.05, 0) is 19.4 Å². The Morgan fingerprint density at radius 1 is 1.38 bits per heavy atom. The van der Waals surface area contributed by atoms with E-state index in [4.69, 9.17) is 0 Å². The lowest BCUT2D eigenvalue weighted by Gasteiger charge is -2.08. The van der Waals surface area contributed by atoms with Gasteiger partial charge in [-0.15, -0.1) is 0 Å². The Labute approximate surface area is 80.6 Å². The smallest absolute Gasteiger partial charge is 0.246 e. The molecule has 0 spiro atoms. The molecule has 76 valence electrons. The summed E-state index contributed by atoms with van der Waals surface area (Å²) in [6.45, 7) is 12.0. The summed E-state index contributed by atoms with van der Waals surface area (Å²) in [5.41, 5.74) is 0.559. The molecular formula is C10H20N2O. The van der Waals surface area contributed by atoms with Crippen LogP contribution in [-0.4, -0.2) is 25.5 Å². The molecule has 0 aromatic carbocycles. The van der Waals surface area contributed by atoms with Gasteiger partial charge in [0.2, 0.25) is 5.91 Å². The molecule has 2 N–H and O–H groups in total. The zero-order chi connectivity index (χ0) is 10.3. The third-order valence-electron chi connectivity index (χ3n) is 1.53. The highest BCUT2D eigenvalue weighted by Gasteiger charge is 1.99. The molecule has 0 rings (SSSR count). The fourth-order valence-corrected chi connectivity index (χ4v) is 0.806. The van der Waals surface area contributed by atoms with Gasteiger partial charge < -0.3 is 10.6 Å². The zero-order valence-electron chi connectivity index (χ0n) is 8.81. The van der Waals surface area contributed by atoms with Crippen molar-refractivity contribution in [1.29, 1.82) is 0 Å². The molecule has 0 radical (unpaired) electrons. The van der Waals surface area contributed by atoms with Gasteiger partial charge in [-0.25, -0.2) is 0 Å². The quantitative estimate of drug-likeness (QED) is 0.476. The average molecular weight is 184 g/mol. The van der Waals surface area contributed by atoms with E-state index in [2.05, 4.69) is 31.1 Å². The van der Waals surface area contributed by atoms with E-state index in [-0.39, 0.29) is 5.91 Å². The molecule has 0 aromatic heterocycles. The van der Waals surface area contributed by atoms with Crippen molar-refractivity contribution in [2.75, 3.05) is 19.6 Å². The molecule has 1 amide bonds. The Balaban J connectivity index is 3.26. The van der Waals surface area contributed by atoms with E-state index in [1.54, 1.807) is 6.92 Å². The first kappa shape index (κ1) is 12.2. The standard InChI is InChI=1S/C10H20N2O/c1-8(2)7-11-5-6-12-10(13)9(3)4/h8,11H,3,5-7H2,1-2,4H3,(H,12,13). The lowest BCUT2D eigenvalue weighted by Crippen LogP contribution is -2.33. The van der Waals surface area contributed by atoms with E-state index >= 15 is 0 Å². The van der Waals surface area contributed by atoms with Gasteiger partial charge >= 0.3 is 0 Å². The molecule has 0 aliphatic rings. The Morgan fingerprint density at radius 3 is 2.46 bits per heavy atom. The van der Waals surface area contributed by atoms with Crippen LogP contribution in [-0.2, 0) is 4.79 Å². The molecule has 0 unspecified atom stereocenters. The summed E-state index contributed by atoms with van der Waals surface area (Å²) < 4.78 is 0. The number of carbonyl (C=O) groups excluding carboxylic acids is 1. The second-order valence-electron chi connectivity index (χ2n) is 3.63. The van der Waals surface area contributed by atoms with Crippen molar-refractivity contribution >= 4 is 5.91 Å². The molecule has 0 heterocycles. The Morgan fingerprint density at radius 2 is 2.00 bits per heavy atom. The summed E-state index contributed by atoms with van der Waals surface area (Å²) in [4.78, 5) is 11.0. The molecule has 3 nitrogen and oxygen atoms in total. The van der Waals surface area contributed by atoms with Gasteiger partial charge in [0.25, 0.3) is 0 Å². The van der Waals surface area contributed by atoms with Crippen LogP contribution in [0.1, 0.15) is 20.8 Å². The number of nitrogens with one attached hydrogen (secondary N) is 2. The SMILES string of the molecule is C=C(C)C(=O)NCCNCC(C)C. The Hall–Kier alpha value is -0.830. The third-order valence-corrected chi connectivity index (χ3v) is 1.53. The minimum atomic E-state index is -0.0636. The molecular weight excluding hydrogens is 164 g/mol. The molecule has 0 aliphatic heterocycles. The predicted octanol–water partition coefficient (Wildman–Crippen LogP) is 0.924. The van der Waals surface area contributed by atoms with Crippen molar-refractivity contribution in [2.24, 2.45) is 5.92 Å². The van der Waals surface area contributed by atoms with E-state index in [1.165, 1.54) is 0 Å². The van der Waals surface area contributed by atoms with E-state index in [1.807, 2.05) is 0 Å². The first-order valence-electron chi connectivity index (χ1n) is 4.68. The minimum Gasteiger partial charge on any atom is -0.351 e. The normalized spacial score (nSPS) is 10.2. The van der Waals surface area contributed by atoms with E-state index in [0.717, 1.165) is 13.1 Å². The van der Waals surface area contributed by atoms with Crippen molar-refractivity contribution in [3.63, 3.8) is 0 Å². The molecule has 3 heteroatoms.